The standard InChI is InChI=1S/C25H28N8O3/c1-26-22-12-21(30-23-17(13-27-33(22)23)24(34)29-18-7-8-20(18)36-2)28-19-6-4-10-32(25(19)35)16-11-15-5-3-9-31(15)14-16/h4,6,10-14,18,20,26H,3,5,7-9H2,1-2H3,(H,28,30)(H,29,34)/t18-,20-/m1/s1. The number of amides is 1. The molecule has 36 heavy (non-hydrogen) atoms. The van der Waals surface area contributed by atoms with Gasteiger partial charge in [-0.1, -0.05) is 0 Å². The lowest BCUT2D eigenvalue weighted by Gasteiger charge is -2.35. The highest BCUT2D eigenvalue weighted by Gasteiger charge is 2.33. The van der Waals surface area contributed by atoms with Crippen LogP contribution < -0.4 is 21.5 Å². The number of anilines is 3. The van der Waals surface area contributed by atoms with Gasteiger partial charge in [0.05, 0.1) is 24.0 Å². The number of methoxy groups -OCH3 is 1. The fourth-order valence-corrected chi connectivity index (χ4v) is 4.98. The minimum Gasteiger partial charge on any atom is -0.379 e. The van der Waals surface area contributed by atoms with Crippen LogP contribution in [0.15, 0.2) is 47.7 Å². The van der Waals surface area contributed by atoms with Crippen LogP contribution in [-0.2, 0) is 17.7 Å². The van der Waals surface area contributed by atoms with Crippen LogP contribution in [0.2, 0.25) is 0 Å². The highest BCUT2D eigenvalue weighted by atomic mass is 16.5. The molecule has 186 valence electrons. The monoisotopic (exact) mass is 488 g/mol. The Morgan fingerprint density at radius 3 is 2.89 bits per heavy atom. The van der Waals surface area contributed by atoms with E-state index in [1.54, 1.807) is 41.6 Å². The zero-order valence-corrected chi connectivity index (χ0v) is 20.2. The third-order valence-electron chi connectivity index (χ3n) is 7.09. The number of aryl methyl sites for hydroxylation is 2. The number of carbonyl (C=O) groups is 1. The smallest absolute Gasteiger partial charge is 0.278 e. The number of pyridine rings is 1. The van der Waals surface area contributed by atoms with Gasteiger partial charge in [0, 0.05) is 44.9 Å². The van der Waals surface area contributed by atoms with Crippen molar-refractivity contribution < 1.29 is 9.53 Å². The molecule has 0 bridgehead atoms. The fourth-order valence-electron chi connectivity index (χ4n) is 4.98. The molecular weight excluding hydrogens is 460 g/mol. The third kappa shape index (κ3) is 3.72. The molecule has 3 N–H and O–H groups in total. The van der Waals surface area contributed by atoms with E-state index in [9.17, 15) is 9.59 Å². The minimum atomic E-state index is -0.257. The van der Waals surface area contributed by atoms with Gasteiger partial charge >= 0.3 is 0 Å². The van der Waals surface area contributed by atoms with Crippen molar-refractivity contribution in [2.24, 2.45) is 0 Å². The van der Waals surface area contributed by atoms with E-state index in [2.05, 4.69) is 36.7 Å². The van der Waals surface area contributed by atoms with Crippen LogP contribution >= 0.6 is 0 Å². The molecule has 11 heteroatoms. The summed E-state index contributed by atoms with van der Waals surface area (Å²) in [6.07, 6.45) is 9.27. The number of aromatic nitrogens is 5. The van der Waals surface area contributed by atoms with E-state index in [0.29, 0.717) is 28.5 Å². The maximum absolute atomic E-state index is 13.3. The molecule has 1 saturated carbocycles. The van der Waals surface area contributed by atoms with Gasteiger partial charge < -0.3 is 25.3 Å². The van der Waals surface area contributed by atoms with Crippen LogP contribution in [0.3, 0.4) is 0 Å². The molecule has 0 saturated heterocycles. The largest absolute Gasteiger partial charge is 0.379 e. The van der Waals surface area contributed by atoms with E-state index in [4.69, 9.17) is 4.74 Å². The molecule has 2 atom stereocenters. The Morgan fingerprint density at radius 2 is 2.14 bits per heavy atom. The Kier molecular flexibility index (Phi) is 5.48. The normalized spacial score (nSPS) is 18.6. The average Bonchev–Trinajstić information content (AvgIpc) is 3.58. The van der Waals surface area contributed by atoms with Crippen LogP contribution in [-0.4, -0.2) is 55.9 Å². The van der Waals surface area contributed by atoms with Gasteiger partial charge in [-0.2, -0.15) is 9.61 Å². The van der Waals surface area contributed by atoms with Crippen molar-refractivity contribution in [3.05, 3.63) is 64.5 Å². The molecule has 5 heterocycles. The van der Waals surface area contributed by atoms with E-state index in [1.807, 2.05) is 12.3 Å². The second kappa shape index (κ2) is 8.83. The molecule has 0 radical (unpaired) electrons. The summed E-state index contributed by atoms with van der Waals surface area (Å²) in [6, 6.07) is 7.33. The van der Waals surface area contributed by atoms with Gasteiger partial charge in [0.15, 0.2) is 5.65 Å². The van der Waals surface area contributed by atoms with Gasteiger partial charge in [0.2, 0.25) is 0 Å². The molecule has 1 aliphatic carbocycles. The summed E-state index contributed by atoms with van der Waals surface area (Å²) in [6.45, 7) is 0.979. The summed E-state index contributed by atoms with van der Waals surface area (Å²) in [5.41, 5.74) is 3.02. The number of carbonyl (C=O) groups excluding carboxylic acids is 1. The zero-order chi connectivity index (χ0) is 24.8. The molecule has 1 aliphatic heterocycles. The molecule has 1 amide bonds. The molecule has 11 nitrogen and oxygen atoms in total. The van der Waals surface area contributed by atoms with Gasteiger partial charge in [0.25, 0.3) is 11.5 Å². The molecule has 0 spiro atoms. The number of rotatable bonds is 7. The average molecular weight is 489 g/mol. The van der Waals surface area contributed by atoms with E-state index in [1.165, 1.54) is 11.9 Å². The highest BCUT2D eigenvalue weighted by molar-refractivity contribution is 6.00. The second-order valence-corrected chi connectivity index (χ2v) is 9.21. The Balaban J connectivity index is 1.32. The van der Waals surface area contributed by atoms with Crippen LogP contribution in [0.5, 0.6) is 0 Å². The number of nitrogens with one attached hydrogen (secondary N) is 3. The van der Waals surface area contributed by atoms with Gasteiger partial charge in [-0.15, -0.1) is 0 Å². The summed E-state index contributed by atoms with van der Waals surface area (Å²) >= 11 is 0. The Labute approximate surface area is 207 Å². The maximum Gasteiger partial charge on any atom is 0.278 e. The van der Waals surface area contributed by atoms with Gasteiger partial charge in [0.1, 0.15) is 22.9 Å². The lowest BCUT2D eigenvalue weighted by molar-refractivity contribution is 0.00732. The first kappa shape index (κ1) is 22.4. The molecule has 1 fully saturated rings. The molecule has 0 aromatic carbocycles. The van der Waals surface area contributed by atoms with Crippen molar-refractivity contribution in [1.82, 2.24) is 29.0 Å². The van der Waals surface area contributed by atoms with Crippen LogP contribution in [0.4, 0.5) is 17.3 Å². The topological polar surface area (TPSA) is 120 Å². The van der Waals surface area contributed by atoms with Gasteiger partial charge in [-0.05, 0) is 43.9 Å². The predicted octanol–water partition coefficient (Wildman–Crippen LogP) is 2.32. The molecule has 6 rings (SSSR count). The number of ether oxygens (including phenoxy) is 1. The molecule has 2 aliphatic rings. The number of nitrogens with zero attached hydrogens (tertiary/aromatic N) is 5. The number of hydrogen-bond acceptors (Lipinski definition) is 7. The van der Waals surface area contributed by atoms with Crippen molar-refractivity contribution in [3.63, 3.8) is 0 Å². The van der Waals surface area contributed by atoms with Crippen molar-refractivity contribution in [1.29, 1.82) is 0 Å². The Morgan fingerprint density at radius 1 is 1.25 bits per heavy atom. The van der Waals surface area contributed by atoms with E-state index < -0.39 is 0 Å². The molecule has 4 aromatic heterocycles. The molecular formula is C25H28N8O3. The minimum absolute atomic E-state index is 0.0242. The van der Waals surface area contributed by atoms with Gasteiger partial charge in [-0.25, -0.2) is 4.98 Å². The summed E-state index contributed by atoms with van der Waals surface area (Å²) in [7, 11) is 3.41. The molecule has 0 unspecified atom stereocenters. The number of hydrogen-bond donors (Lipinski definition) is 3. The molecule has 4 aromatic rings. The van der Waals surface area contributed by atoms with Crippen LogP contribution in [0.25, 0.3) is 11.3 Å². The highest BCUT2D eigenvalue weighted by Crippen LogP contribution is 2.25. The van der Waals surface area contributed by atoms with Crippen LogP contribution in [0, 0.1) is 0 Å². The SMILES string of the molecule is CNc1cc(Nc2cccn(-c3cc4n(c3)CCC4)c2=O)nc2c(C(=O)N[C@@H]3CC[C@H]3OC)cnn12. The van der Waals surface area contributed by atoms with Crippen LogP contribution in [0.1, 0.15) is 35.3 Å². The first-order chi connectivity index (χ1) is 17.6. The quantitative estimate of drug-likeness (QED) is 0.365. The fraction of sp³-hybridized carbons (Fsp3) is 0.360. The first-order valence-corrected chi connectivity index (χ1v) is 12.1. The summed E-state index contributed by atoms with van der Waals surface area (Å²) < 4.78 is 10.8. The summed E-state index contributed by atoms with van der Waals surface area (Å²) in [5, 5.41) is 13.6. The summed E-state index contributed by atoms with van der Waals surface area (Å²) in [4.78, 5) is 31.0. The number of fused-ring (bicyclic) bond motifs is 2. The Hall–Kier alpha value is -4.12. The van der Waals surface area contributed by atoms with Crippen molar-refractivity contribution in [3.8, 4) is 5.69 Å². The second-order valence-electron chi connectivity index (χ2n) is 9.21. The van der Waals surface area contributed by atoms with Crippen molar-refractivity contribution in [2.75, 3.05) is 24.8 Å². The lowest BCUT2D eigenvalue weighted by atomic mass is 9.89. The van der Waals surface area contributed by atoms with E-state index in [0.717, 1.165) is 37.9 Å². The van der Waals surface area contributed by atoms with Gasteiger partial charge in [-0.3, -0.25) is 14.2 Å². The van der Waals surface area contributed by atoms with E-state index in [-0.39, 0.29) is 23.6 Å². The Bertz CT molecular complexity index is 1490. The van der Waals surface area contributed by atoms with Crippen molar-refractivity contribution in [2.45, 2.75) is 44.4 Å². The third-order valence-corrected chi connectivity index (χ3v) is 7.09. The zero-order valence-electron chi connectivity index (χ0n) is 20.2. The predicted molar refractivity (Wildman–Crippen MR) is 135 cm³/mol. The van der Waals surface area contributed by atoms with E-state index >= 15 is 0 Å². The van der Waals surface area contributed by atoms with Crippen molar-refractivity contribution >= 4 is 28.9 Å². The lowest BCUT2D eigenvalue weighted by Crippen LogP contribution is -2.51. The summed E-state index contributed by atoms with van der Waals surface area (Å²) in [5.74, 6) is 0.793. The maximum atomic E-state index is 13.3. The first-order valence-electron chi connectivity index (χ1n) is 12.1.